The number of rotatable bonds is 8. The van der Waals surface area contributed by atoms with E-state index in [-0.39, 0.29) is 24.0 Å². The number of amides is 2. The Balaban J connectivity index is 4.61. The Bertz CT molecular complexity index is 493. The molecular weight excluding hydrogens is 346 g/mol. The number of unbranched alkanes of at least 4 members (excludes halogenated alkanes) is 1. The van der Waals surface area contributed by atoms with Crippen molar-refractivity contribution in [2.24, 2.45) is 4.99 Å². The summed E-state index contributed by atoms with van der Waals surface area (Å²) in [5.41, 5.74) is -0.814. The van der Waals surface area contributed by atoms with Crippen molar-refractivity contribution in [3.63, 3.8) is 0 Å². The zero-order valence-corrected chi connectivity index (χ0v) is 18.3. The van der Waals surface area contributed by atoms with Crippen molar-refractivity contribution in [1.82, 2.24) is 21.3 Å². The van der Waals surface area contributed by atoms with Crippen molar-refractivity contribution < 1.29 is 14.3 Å². The molecular formula is C19H39N5O3. The van der Waals surface area contributed by atoms with Crippen LogP contribution in [0.3, 0.4) is 0 Å². The number of nitrogens with one attached hydrogen (secondary N) is 4. The highest BCUT2D eigenvalue weighted by Crippen LogP contribution is 2.07. The van der Waals surface area contributed by atoms with Crippen LogP contribution in [0, 0.1) is 0 Å². The molecule has 0 bridgehead atoms. The van der Waals surface area contributed by atoms with Crippen LogP contribution in [0.2, 0.25) is 0 Å². The lowest BCUT2D eigenvalue weighted by Gasteiger charge is -2.24. The van der Waals surface area contributed by atoms with Gasteiger partial charge in [0.15, 0.2) is 5.96 Å². The predicted octanol–water partition coefficient (Wildman–Crippen LogP) is 2.15. The van der Waals surface area contributed by atoms with Gasteiger partial charge in [-0.05, 0) is 48.0 Å². The molecule has 0 aromatic rings. The average molecular weight is 386 g/mol. The molecule has 8 nitrogen and oxygen atoms in total. The van der Waals surface area contributed by atoms with E-state index in [1.165, 1.54) is 0 Å². The largest absolute Gasteiger partial charge is 0.444 e. The molecule has 0 aromatic carbocycles. The van der Waals surface area contributed by atoms with Crippen molar-refractivity contribution in [3.05, 3.63) is 0 Å². The molecule has 0 aliphatic rings. The van der Waals surface area contributed by atoms with Gasteiger partial charge in [-0.1, -0.05) is 19.8 Å². The number of hydrogen-bond donors (Lipinski definition) is 4. The topological polar surface area (TPSA) is 104 Å². The monoisotopic (exact) mass is 385 g/mol. The second kappa shape index (κ2) is 11.7. The van der Waals surface area contributed by atoms with E-state index in [4.69, 9.17) is 4.74 Å². The Morgan fingerprint density at radius 3 is 2.19 bits per heavy atom. The van der Waals surface area contributed by atoms with Gasteiger partial charge in [-0.15, -0.1) is 0 Å². The van der Waals surface area contributed by atoms with Gasteiger partial charge in [0, 0.05) is 25.2 Å². The third kappa shape index (κ3) is 14.8. The molecule has 0 rings (SSSR count). The molecule has 0 spiro atoms. The number of nitrogens with zero attached hydrogens (tertiary/aromatic N) is 1. The van der Waals surface area contributed by atoms with Crippen LogP contribution < -0.4 is 21.3 Å². The summed E-state index contributed by atoms with van der Waals surface area (Å²) in [4.78, 5) is 28.0. The summed E-state index contributed by atoms with van der Waals surface area (Å²) in [6.07, 6.45) is 2.47. The van der Waals surface area contributed by atoms with Gasteiger partial charge in [0.05, 0.1) is 6.54 Å². The highest BCUT2D eigenvalue weighted by molar-refractivity contribution is 5.86. The van der Waals surface area contributed by atoms with E-state index in [9.17, 15) is 9.59 Å². The normalized spacial score (nSPS) is 13.6. The third-order valence-electron chi connectivity index (χ3n) is 3.29. The molecule has 27 heavy (non-hydrogen) atoms. The predicted molar refractivity (Wildman–Crippen MR) is 110 cm³/mol. The summed E-state index contributed by atoms with van der Waals surface area (Å²) in [5, 5.41) is 11.9. The van der Waals surface area contributed by atoms with Crippen molar-refractivity contribution >= 4 is 18.0 Å². The maximum atomic E-state index is 12.0. The Kier molecular flexibility index (Phi) is 10.8. The summed E-state index contributed by atoms with van der Waals surface area (Å²) in [7, 11) is 1.65. The van der Waals surface area contributed by atoms with E-state index in [1.807, 2.05) is 41.5 Å². The molecule has 0 aliphatic heterocycles. The maximum Gasteiger partial charge on any atom is 0.407 e. The number of aliphatic imine (C=N–C) groups is 1. The first-order valence-electron chi connectivity index (χ1n) is 9.61. The van der Waals surface area contributed by atoms with E-state index >= 15 is 0 Å². The standard InChI is InChI=1S/C19H39N5O3/c1-9-10-11-14(12-22-17(26)27-19(5,6)7)23-16(20-8)21-13-15(25)24-18(2,3)4/h14H,9-13H2,1-8H3,(H,22,26)(H,24,25)(H2,20,21,23). The van der Waals surface area contributed by atoms with Gasteiger partial charge in [0.1, 0.15) is 5.60 Å². The van der Waals surface area contributed by atoms with Crippen LogP contribution in [-0.2, 0) is 9.53 Å². The molecule has 0 radical (unpaired) electrons. The van der Waals surface area contributed by atoms with Gasteiger partial charge in [0.25, 0.3) is 0 Å². The van der Waals surface area contributed by atoms with Crippen LogP contribution >= 0.6 is 0 Å². The van der Waals surface area contributed by atoms with Crippen LogP contribution in [-0.4, -0.2) is 55.3 Å². The minimum Gasteiger partial charge on any atom is -0.444 e. The first-order chi connectivity index (χ1) is 12.4. The summed E-state index contributed by atoms with van der Waals surface area (Å²) >= 11 is 0. The van der Waals surface area contributed by atoms with Gasteiger partial charge in [-0.3, -0.25) is 9.79 Å². The zero-order chi connectivity index (χ0) is 21.1. The summed E-state index contributed by atoms with van der Waals surface area (Å²) < 4.78 is 5.27. The van der Waals surface area contributed by atoms with E-state index in [0.717, 1.165) is 19.3 Å². The van der Waals surface area contributed by atoms with Gasteiger partial charge in [-0.2, -0.15) is 0 Å². The fourth-order valence-electron chi connectivity index (χ4n) is 2.21. The Morgan fingerprint density at radius 2 is 1.70 bits per heavy atom. The highest BCUT2D eigenvalue weighted by Gasteiger charge is 2.18. The molecule has 1 atom stereocenters. The average Bonchev–Trinajstić information content (AvgIpc) is 2.49. The summed E-state index contributed by atoms with van der Waals surface area (Å²) in [5.74, 6) is 0.411. The number of alkyl carbamates (subject to hydrolysis) is 1. The van der Waals surface area contributed by atoms with Gasteiger partial charge >= 0.3 is 6.09 Å². The van der Waals surface area contributed by atoms with Gasteiger partial charge in [0.2, 0.25) is 5.91 Å². The molecule has 0 aromatic heterocycles. The Hall–Kier alpha value is -1.99. The van der Waals surface area contributed by atoms with Crippen molar-refractivity contribution in [1.29, 1.82) is 0 Å². The van der Waals surface area contributed by atoms with Gasteiger partial charge < -0.3 is 26.0 Å². The fraction of sp³-hybridized carbons (Fsp3) is 0.842. The summed E-state index contributed by atoms with van der Waals surface area (Å²) in [6, 6.07) is -0.0191. The lowest BCUT2D eigenvalue weighted by molar-refractivity contribution is -0.121. The number of hydrogen-bond acceptors (Lipinski definition) is 4. The Labute approximate surface area is 164 Å². The van der Waals surface area contributed by atoms with Crippen molar-refractivity contribution in [3.8, 4) is 0 Å². The number of guanidine groups is 1. The Morgan fingerprint density at radius 1 is 1.07 bits per heavy atom. The summed E-state index contributed by atoms with van der Waals surface area (Å²) in [6.45, 7) is 13.9. The second-order valence-corrected chi connectivity index (χ2v) is 8.59. The van der Waals surface area contributed by atoms with E-state index in [2.05, 4.69) is 33.2 Å². The minimum absolute atomic E-state index is 0.0191. The lowest BCUT2D eigenvalue weighted by atomic mass is 10.1. The van der Waals surface area contributed by atoms with Crippen molar-refractivity contribution in [2.75, 3.05) is 20.1 Å². The maximum absolute atomic E-state index is 12.0. The SMILES string of the molecule is CCCCC(CNC(=O)OC(C)(C)C)NC(=NC)NCC(=O)NC(C)(C)C. The van der Waals surface area contributed by atoms with Crippen LogP contribution in [0.15, 0.2) is 4.99 Å². The van der Waals surface area contributed by atoms with Crippen LogP contribution in [0.25, 0.3) is 0 Å². The minimum atomic E-state index is -0.533. The van der Waals surface area contributed by atoms with E-state index in [0.29, 0.717) is 12.5 Å². The van der Waals surface area contributed by atoms with Gasteiger partial charge in [-0.25, -0.2) is 4.79 Å². The van der Waals surface area contributed by atoms with E-state index in [1.54, 1.807) is 7.05 Å². The number of ether oxygens (including phenoxy) is 1. The van der Waals surface area contributed by atoms with Crippen LogP contribution in [0.5, 0.6) is 0 Å². The first-order valence-corrected chi connectivity index (χ1v) is 9.61. The van der Waals surface area contributed by atoms with Crippen LogP contribution in [0.4, 0.5) is 4.79 Å². The lowest BCUT2D eigenvalue weighted by Crippen LogP contribution is -2.52. The molecule has 4 N–H and O–H groups in total. The molecule has 0 fully saturated rings. The molecule has 158 valence electrons. The number of carbonyl (C=O) groups excluding carboxylic acids is 2. The van der Waals surface area contributed by atoms with E-state index < -0.39 is 11.7 Å². The highest BCUT2D eigenvalue weighted by atomic mass is 16.6. The molecule has 0 saturated heterocycles. The molecule has 0 aliphatic carbocycles. The zero-order valence-electron chi connectivity index (χ0n) is 18.3. The molecule has 2 amide bonds. The molecule has 0 heterocycles. The van der Waals surface area contributed by atoms with Crippen molar-refractivity contribution in [2.45, 2.75) is 84.9 Å². The number of carbonyl (C=O) groups is 2. The molecule has 0 saturated carbocycles. The van der Waals surface area contributed by atoms with Crippen LogP contribution in [0.1, 0.15) is 67.7 Å². The molecule has 8 heteroatoms. The molecule has 1 unspecified atom stereocenters. The quantitative estimate of drug-likeness (QED) is 0.379. The first kappa shape index (κ1) is 25.0. The second-order valence-electron chi connectivity index (χ2n) is 8.59. The fourth-order valence-corrected chi connectivity index (χ4v) is 2.21. The third-order valence-corrected chi connectivity index (χ3v) is 3.29. The smallest absolute Gasteiger partial charge is 0.407 e.